The van der Waals surface area contributed by atoms with Crippen LogP contribution in [-0.4, -0.2) is 20.3 Å². The van der Waals surface area contributed by atoms with Crippen LogP contribution >= 0.6 is 0 Å². The summed E-state index contributed by atoms with van der Waals surface area (Å²) in [5, 5.41) is 10.4. The molecule has 0 bridgehead atoms. The monoisotopic (exact) mass is 245 g/mol. The lowest BCUT2D eigenvalue weighted by Crippen LogP contribution is -2.04. The van der Waals surface area contributed by atoms with E-state index in [1.54, 1.807) is 28.8 Å². The number of carbonyl (C=O) groups is 1. The highest BCUT2D eigenvalue weighted by molar-refractivity contribution is 5.95. The summed E-state index contributed by atoms with van der Waals surface area (Å²) in [6.45, 7) is 0.383. The molecule has 2 rings (SSSR count). The normalized spacial score (nSPS) is 10.2. The number of hydrogen-bond acceptors (Lipinski definition) is 4. The van der Waals surface area contributed by atoms with Crippen LogP contribution in [0, 0.1) is 10.1 Å². The van der Waals surface area contributed by atoms with Gasteiger partial charge in [0.1, 0.15) is 6.20 Å². The van der Waals surface area contributed by atoms with E-state index in [4.69, 9.17) is 0 Å². The molecule has 0 aliphatic rings. The predicted octanol–water partition coefficient (Wildman–Crippen LogP) is 2.06. The van der Waals surface area contributed by atoms with Gasteiger partial charge in [0.25, 0.3) is 0 Å². The molecule has 92 valence electrons. The fourth-order valence-electron chi connectivity index (χ4n) is 1.56. The van der Waals surface area contributed by atoms with Gasteiger partial charge < -0.3 is 14.7 Å². The number of carbonyl (C=O) groups excluding carboxylic acids is 1. The molecule has 0 aliphatic carbocycles. The number of aromatic nitrogens is 2. The molecule has 1 heterocycles. The molecule has 2 aromatic rings. The zero-order valence-electron chi connectivity index (χ0n) is 9.52. The maximum absolute atomic E-state index is 11.8. The molecule has 6 nitrogen and oxygen atoms in total. The average molecular weight is 245 g/mol. The predicted molar refractivity (Wildman–Crippen MR) is 64.3 cm³/mol. The first kappa shape index (κ1) is 12.0. The molecule has 0 fully saturated rings. The van der Waals surface area contributed by atoms with Crippen molar-refractivity contribution in [3.63, 3.8) is 0 Å². The zero-order chi connectivity index (χ0) is 13.0. The minimum atomic E-state index is -0.560. The van der Waals surface area contributed by atoms with Gasteiger partial charge in [0.15, 0.2) is 5.78 Å². The molecule has 1 aromatic heterocycles. The van der Waals surface area contributed by atoms with Crippen molar-refractivity contribution >= 4 is 11.6 Å². The number of imidazole rings is 1. The Morgan fingerprint density at radius 2 is 2.06 bits per heavy atom. The molecule has 6 heteroatoms. The number of benzene rings is 1. The Bertz CT molecular complexity index is 563. The lowest BCUT2D eigenvalue weighted by molar-refractivity contribution is -0.389. The number of aryl methyl sites for hydroxylation is 1. The van der Waals surface area contributed by atoms with Gasteiger partial charge in [-0.25, -0.2) is 0 Å². The summed E-state index contributed by atoms with van der Waals surface area (Å²) < 4.78 is 1.54. The topological polar surface area (TPSA) is 78.0 Å². The maximum atomic E-state index is 11.8. The Kier molecular flexibility index (Phi) is 3.47. The number of nitro groups is 1. The molecule has 0 saturated carbocycles. The molecular weight excluding hydrogens is 234 g/mol. The van der Waals surface area contributed by atoms with Crippen molar-refractivity contribution < 1.29 is 9.72 Å². The fraction of sp³-hybridized carbons (Fsp3) is 0.167. The quantitative estimate of drug-likeness (QED) is 0.459. The van der Waals surface area contributed by atoms with Gasteiger partial charge in [0, 0.05) is 18.5 Å². The van der Waals surface area contributed by atoms with Gasteiger partial charge in [-0.05, 0) is 9.91 Å². The summed E-state index contributed by atoms with van der Waals surface area (Å²) in [6, 6.07) is 8.94. The molecule has 0 aliphatic heterocycles. The Morgan fingerprint density at radius 1 is 1.33 bits per heavy atom. The standard InChI is InChI=1S/C12H11N3O3/c16-11(10-4-2-1-3-5-10)6-7-14-8-12(13-9-14)15(17)18/h1-5,8-9H,6-7H2. The lowest BCUT2D eigenvalue weighted by Gasteiger charge is -2.00. The van der Waals surface area contributed by atoms with E-state index in [9.17, 15) is 14.9 Å². The first-order chi connectivity index (χ1) is 8.66. The molecule has 0 amide bonds. The first-order valence-corrected chi connectivity index (χ1v) is 5.41. The minimum absolute atomic E-state index is 0.00644. The summed E-state index contributed by atoms with van der Waals surface area (Å²) in [5.74, 6) is -0.200. The summed E-state index contributed by atoms with van der Waals surface area (Å²) in [4.78, 5) is 25.3. The van der Waals surface area contributed by atoms with E-state index in [0.29, 0.717) is 12.1 Å². The van der Waals surface area contributed by atoms with Crippen LogP contribution < -0.4 is 0 Å². The van der Waals surface area contributed by atoms with Crippen molar-refractivity contribution in [1.82, 2.24) is 9.55 Å². The fourth-order valence-corrected chi connectivity index (χ4v) is 1.56. The van der Waals surface area contributed by atoms with Crippen LogP contribution in [-0.2, 0) is 6.54 Å². The Labute approximate surface area is 103 Å². The molecule has 0 radical (unpaired) electrons. The number of nitrogens with zero attached hydrogens (tertiary/aromatic N) is 3. The van der Waals surface area contributed by atoms with Crippen molar-refractivity contribution in [2.24, 2.45) is 0 Å². The van der Waals surface area contributed by atoms with Gasteiger partial charge in [-0.3, -0.25) is 4.79 Å². The summed E-state index contributed by atoms with van der Waals surface area (Å²) in [5.41, 5.74) is 0.645. The second kappa shape index (κ2) is 5.22. The number of Topliss-reactive ketones (excluding diaryl/α,β-unsaturated/α-hetero) is 1. The third-order valence-electron chi connectivity index (χ3n) is 2.50. The molecule has 1 aromatic carbocycles. The highest BCUT2D eigenvalue weighted by atomic mass is 16.6. The second-order valence-electron chi connectivity index (χ2n) is 3.77. The van der Waals surface area contributed by atoms with E-state index >= 15 is 0 Å². The molecule has 0 unspecified atom stereocenters. The number of hydrogen-bond donors (Lipinski definition) is 0. The van der Waals surface area contributed by atoms with E-state index in [0.717, 1.165) is 0 Å². The van der Waals surface area contributed by atoms with Crippen LogP contribution in [0.1, 0.15) is 16.8 Å². The van der Waals surface area contributed by atoms with Crippen molar-refractivity contribution in [2.75, 3.05) is 0 Å². The second-order valence-corrected chi connectivity index (χ2v) is 3.77. The number of ketones is 1. The third-order valence-corrected chi connectivity index (χ3v) is 2.50. The first-order valence-electron chi connectivity index (χ1n) is 5.41. The van der Waals surface area contributed by atoms with Gasteiger partial charge in [-0.1, -0.05) is 30.3 Å². The zero-order valence-corrected chi connectivity index (χ0v) is 9.52. The lowest BCUT2D eigenvalue weighted by atomic mass is 10.1. The SMILES string of the molecule is O=C(CCn1cnc([N+](=O)[O-])c1)c1ccccc1. The summed E-state index contributed by atoms with van der Waals surface area (Å²) >= 11 is 0. The van der Waals surface area contributed by atoms with Crippen LogP contribution in [0.4, 0.5) is 5.82 Å². The largest absolute Gasteiger partial charge is 0.381 e. The Hall–Kier alpha value is -2.50. The van der Waals surface area contributed by atoms with Crippen molar-refractivity contribution in [3.05, 3.63) is 58.5 Å². The molecule has 0 N–H and O–H groups in total. The van der Waals surface area contributed by atoms with Crippen LogP contribution in [0.2, 0.25) is 0 Å². The molecule has 0 saturated heterocycles. The van der Waals surface area contributed by atoms with E-state index in [-0.39, 0.29) is 18.0 Å². The van der Waals surface area contributed by atoms with E-state index in [1.807, 2.05) is 6.07 Å². The van der Waals surface area contributed by atoms with Crippen molar-refractivity contribution in [1.29, 1.82) is 0 Å². The Balaban J connectivity index is 1.95. The van der Waals surface area contributed by atoms with E-state index in [2.05, 4.69) is 4.98 Å². The highest BCUT2D eigenvalue weighted by Gasteiger charge is 2.11. The van der Waals surface area contributed by atoms with Crippen LogP contribution in [0.3, 0.4) is 0 Å². The summed E-state index contributed by atoms with van der Waals surface area (Å²) in [6.07, 6.45) is 2.96. The molecule has 18 heavy (non-hydrogen) atoms. The van der Waals surface area contributed by atoms with Gasteiger partial charge in [-0.2, -0.15) is 0 Å². The minimum Gasteiger partial charge on any atom is -0.358 e. The van der Waals surface area contributed by atoms with Crippen LogP contribution in [0.5, 0.6) is 0 Å². The summed E-state index contributed by atoms with van der Waals surface area (Å²) in [7, 11) is 0. The Morgan fingerprint density at radius 3 is 2.67 bits per heavy atom. The molecule has 0 spiro atoms. The van der Waals surface area contributed by atoms with Gasteiger partial charge in [0.2, 0.25) is 6.33 Å². The van der Waals surface area contributed by atoms with E-state index in [1.165, 1.54) is 12.5 Å². The maximum Gasteiger partial charge on any atom is 0.381 e. The average Bonchev–Trinajstić information content (AvgIpc) is 2.86. The van der Waals surface area contributed by atoms with Crippen LogP contribution in [0.15, 0.2) is 42.9 Å². The third kappa shape index (κ3) is 2.79. The molecule has 0 atom stereocenters. The van der Waals surface area contributed by atoms with Crippen molar-refractivity contribution in [2.45, 2.75) is 13.0 Å². The van der Waals surface area contributed by atoms with E-state index < -0.39 is 4.92 Å². The highest BCUT2D eigenvalue weighted by Crippen LogP contribution is 2.08. The molecular formula is C12H11N3O3. The van der Waals surface area contributed by atoms with Crippen LogP contribution in [0.25, 0.3) is 0 Å². The van der Waals surface area contributed by atoms with Crippen molar-refractivity contribution in [3.8, 4) is 0 Å². The smallest absolute Gasteiger partial charge is 0.358 e. The number of rotatable bonds is 5. The van der Waals surface area contributed by atoms with Gasteiger partial charge >= 0.3 is 5.82 Å². The van der Waals surface area contributed by atoms with Gasteiger partial charge in [0.05, 0.1) is 0 Å². The van der Waals surface area contributed by atoms with Gasteiger partial charge in [-0.15, -0.1) is 0 Å².